The second-order valence-corrected chi connectivity index (χ2v) is 8.10. The van der Waals surface area contributed by atoms with Crippen LogP contribution in [-0.4, -0.2) is 53.9 Å². The van der Waals surface area contributed by atoms with Crippen LogP contribution < -0.4 is 5.32 Å². The Balaban J connectivity index is 1.98. The number of hydrogen-bond donors (Lipinski definition) is 1. The van der Waals surface area contributed by atoms with Crippen LogP contribution in [0.15, 0.2) is 29.3 Å². The number of nitrogens with zero attached hydrogens (tertiary/aromatic N) is 3. The van der Waals surface area contributed by atoms with Gasteiger partial charge in [-0.25, -0.2) is 0 Å². The number of carbonyl (C=O) groups excluding carboxylic acids is 1. The van der Waals surface area contributed by atoms with Gasteiger partial charge in [0.15, 0.2) is 5.96 Å². The third-order valence-electron chi connectivity index (χ3n) is 6.05. The van der Waals surface area contributed by atoms with Gasteiger partial charge in [-0.2, -0.15) is 0 Å². The van der Waals surface area contributed by atoms with Gasteiger partial charge in [-0.1, -0.05) is 26.0 Å². The van der Waals surface area contributed by atoms with E-state index in [9.17, 15) is 4.79 Å². The normalized spacial score (nSPS) is 18.3. The summed E-state index contributed by atoms with van der Waals surface area (Å²) in [5.74, 6) is 1.02. The van der Waals surface area contributed by atoms with E-state index < -0.39 is 0 Å². The van der Waals surface area contributed by atoms with E-state index in [2.05, 4.69) is 42.9 Å². The number of guanidine groups is 1. The lowest BCUT2D eigenvalue weighted by atomic mass is 9.65. The van der Waals surface area contributed by atoms with Crippen molar-refractivity contribution in [1.29, 1.82) is 0 Å². The lowest BCUT2D eigenvalue weighted by Gasteiger charge is -2.62. The van der Waals surface area contributed by atoms with E-state index >= 15 is 0 Å². The molecule has 26 heavy (non-hydrogen) atoms. The number of aliphatic imine (C=N–C) groups is 1. The maximum atomic E-state index is 12.4. The van der Waals surface area contributed by atoms with Crippen LogP contribution >= 0.6 is 0 Å². The number of rotatable bonds is 5. The molecular formula is C21H34N4O. The van der Waals surface area contributed by atoms with Gasteiger partial charge in [0.1, 0.15) is 0 Å². The van der Waals surface area contributed by atoms with Crippen molar-refractivity contribution < 1.29 is 4.79 Å². The largest absolute Gasteiger partial charge is 0.352 e. The first-order chi connectivity index (χ1) is 12.2. The van der Waals surface area contributed by atoms with Gasteiger partial charge in [0.05, 0.1) is 0 Å². The second kappa shape index (κ2) is 7.68. The molecule has 0 bridgehead atoms. The lowest BCUT2D eigenvalue weighted by Crippen LogP contribution is -2.72. The third kappa shape index (κ3) is 3.71. The molecule has 1 aromatic carbocycles. The minimum Gasteiger partial charge on any atom is -0.352 e. The van der Waals surface area contributed by atoms with Crippen LogP contribution in [0.1, 0.15) is 57.5 Å². The van der Waals surface area contributed by atoms with Gasteiger partial charge in [0.25, 0.3) is 5.91 Å². The molecule has 144 valence electrons. The minimum absolute atomic E-state index is 0.0783. The predicted octanol–water partition coefficient (Wildman–Crippen LogP) is 3.36. The SMILES string of the molecule is CCN(CC)C(=O)c1ccc(CNC(=NC)N2CC(C)(C)C2(C)C)cc1. The molecule has 2 rings (SSSR count). The van der Waals surface area contributed by atoms with Gasteiger partial charge in [-0.05, 0) is 45.4 Å². The van der Waals surface area contributed by atoms with Crippen molar-refractivity contribution in [2.24, 2.45) is 10.4 Å². The molecule has 1 aliphatic heterocycles. The third-order valence-corrected chi connectivity index (χ3v) is 6.05. The second-order valence-electron chi connectivity index (χ2n) is 8.10. The van der Waals surface area contributed by atoms with Crippen molar-refractivity contribution in [2.45, 2.75) is 53.6 Å². The molecular weight excluding hydrogens is 324 g/mol. The summed E-state index contributed by atoms with van der Waals surface area (Å²) in [6.45, 7) is 16.3. The number of amides is 1. The Bertz CT molecular complexity index is 657. The summed E-state index contributed by atoms with van der Waals surface area (Å²) in [5, 5.41) is 3.46. The molecule has 0 spiro atoms. The molecule has 1 aromatic rings. The summed E-state index contributed by atoms with van der Waals surface area (Å²) in [6.07, 6.45) is 0. The van der Waals surface area contributed by atoms with Crippen molar-refractivity contribution in [3.8, 4) is 0 Å². The molecule has 5 nitrogen and oxygen atoms in total. The highest BCUT2D eigenvalue weighted by atomic mass is 16.2. The van der Waals surface area contributed by atoms with Crippen molar-refractivity contribution in [2.75, 3.05) is 26.7 Å². The van der Waals surface area contributed by atoms with Crippen molar-refractivity contribution in [3.05, 3.63) is 35.4 Å². The molecule has 5 heteroatoms. The van der Waals surface area contributed by atoms with Gasteiger partial charge in [-0.15, -0.1) is 0 Å². The summed E-state index contributed by atoms with van der Waals surface area (Å²) in [7, 11) is 1.83. The van der Waals surface area contributed by atoms with Crippen molar-refractivity contribution >= 4 is 11.9 Å². The predicted molar refractivity (Wildman–Crippen MR) is 108 cm³/mol. The fourth-order valence-corrected chi connectivity index (χ4v) is 3.34. The molecule has 1 heterocycles. The first-order valence-electron chi connectivity index (χ1n) is 9.54. The Hall–Kier alpha value is -2.04. The van der Waals surface area contributed by atoms with E-state index in [0.29, 0.717) is 6.54 Å². The summed E-state index contributed by atoms with van der Waals surface area (Å²) < 4.78 is 0. The molecule has 1 aliphatic rings. The quantitative estimate of drug-likeness (QED) is 0.648. The van der Waals surface area contributed by atoms with E-state index in [1.807, 2.05) is 50.1 Å². The van der Waals surface area contributed by atoms with Gasteiger partial charge in [0, 0.05) is 49.7 Å². The highest BCUT2D eigenvalue weighted by Gasteiger charge is 2.53. The maximum Gasteiger partial charge on any atom is 0.253 e. The highest BCUT2D eigenvalue weighted by Crippen LogP contribution is 2.46. The molecule has 0 saturated carbocycles. The average Bonchev–Trinajstić information content (AvgIpc) is 2.62. The standard InChI is InChI=1S/C21H34N4O/c1-8-24(9-2)18(26)17-12-10-16(11-13-17)14-23-19(22-7)25-15-20(3,4)21(25,5)6/h10-13H,8-9,14-15H2,1-7H3,(H,22,23). The molecule has 0 radical (unpaired) electrons. The van der Waals surface area contributed by atoms with Gasteiger partial charge >= 0.3 is 0 Å². The zero-order valence-corrected chi connectivity index (χ0v) is 17.4. The summed E-state index contributed by atoms with van der Waals surface area (Å²) >= 11 is 0. The Morgan fingerprint density at radius 2 is 1.73 bits per heavy atom. The zero-order chi connectivity index (χ0) is 19.5. The highest BCUT2D eigenvalue weighted by molar-refractivity contribution is 5.94. The van der Waals surface area contributed by atoms with Crippen LogP contribution in [0.2, 0.25) is 0 Å². The van der Waals surface area contributed by atoms with E-state index in [1.54, 1.807) is 0 Å². The van der Waals surface area contributed by atoms with E-state index in [4.69, 9.17) is 0 Å². The van der Waals surface area contributed by atoms with Crippen molar-refractivity contribution in [1.82, 2.24) is 15.1 Å². The molecule has 0 aromatic heterocycles. The molecule has 0 unspecified atom stereocenters. The Morgan fingerprint density at radius 1 is 1.15 bits per heavy atom. The fraction of sp³-hybridized carbons (Fsp3) is 0.619. The number of nitrogens with one attached hydrogen (secondary N) is 1. The van der Waals surface area contributed by atoms with E-state index in [-0.39, 0.29) is 16.9 Å². The minimum atomic E-state index is 0.0783. The topological polar surface area (TPSA) is 47.9 Å². The van der Waals surface area contributed by atoms with E-state index in [0.717, 1.165) is 36.7 Å². The molecule has 1 saturated heterocycles. The first-order valence-corrected chi connectivity index (χ1v) is 9.54. The van der Waals surface area contributed by atoms with Crippen LogP contribution in [0, 0.1) is 5.41 Å². The van der Waals surface area contributed by atoms with Crippen LogP contribution in [0.4, 0.5) is 0 Å². The summed E-state index contributed by atoms with van der Waals surface area (Å²) in [4.78, 5) is 21.0. The monoisotopic (exact) mass is 358 g/mol. The summed E-state index contributed by atoms with van der Waals surface area (Å²) in [6, 6.07) is 7.86. The van der Waals surface area contributed by atoms with E-state index in [1.165, 1.54) is 0 Å². The molecule has 0 atom stereocenters. The average molecular weight is 359 g/mol. The smallest absolute Gasteiger partial charge is 0.253 e. The molecule has 1 N–H and O–H groups in total. The lowest BCUT2D eigenvalue weighted by molar-refractivity contribution is -0.0667. The van der Waals surface area contributed by atoms with Crippen LogP contribution in [-0.2, 0) is 6.54 Å². The van der Waals surface area contributed by atoms with Crippen LogP contribution in [0.5, 0.6) is 0 Å². The molecule has 0 aliphatic carbocycles. The zero-order valence-electron chi connectivity index (χ0n) is 17.4. The first kappa shape index (κ1) is 20.3. The van der Waals surface area contributed by atoms with Gasteiger partial charge in [0.2, 0.25) is 0 Å². The Morgan fingerprint density at radius 3 is 2.15 bits per heavy atom. The number of likely N-dealkylation sites (tertiary alicyclic amines) is 1. The van der Waals surface area contributed by atoms with Gasteiger partial charge in [-0.3, -0.25) is 9.79 Å². The number of hydrogen-bond acceptors (Lipinski definition) is 2. The van der Waals surface area contributed by atoms with Crippen LogP contribution in [0.25, 0.3) is 0 Å². The Kier molecular flexibility index (Phi) is 5.99. The summed E-state index contributed by atoms with van der Waals surface area (Å²) in [5.41, 5.74) is 2.23. The van der Waals surface area contributed by atoms with Gasteiger partial charge < -0.3 is 15.1 Å². The molecule has 1 amide bonds. The number of benzene rings is 1. The van der Waals surface area contributed by atoms with Crippen LogP contribution in [0.3, 0.4) is 0 Å². The fourth-order valence-electron chi connectivity index (χ4n) is 3.34. The Labute approximate surface area is 158 Å². The molecule has 1 fully saturated rings. The number of carbonyl (C=O) groups is 1. The maximum absolute atomic E-state index is 12.4. The van der Waals surface area contributed by atoms with Crippen molar-refractivity contribution in [3.63, 3.8) is 0 Å².